The van der Waals surface area contributed by atoms with E-state index in [1.165, 1.54) is 0 Å². The number of carboxylic acid groups (broad SMARTS) is 1. The van der Waals surface area contributed by atoms with E-state index >= 15 is 0 Å². The molecule has 1 rings (SSSR count). The molecule has 1 aliphatic rings. The van der Waals surface area contributed by atoms with Gasteiger partial charge in [0.25, 0.3) is 0 Å². The Morgan fingerprint density at radius 1 is 1.82 bits per heavy atom. The van der Waals surface area contributed by atoms with Crippen LogP contribution in [0.4, 0.5) is 0 Å². The second-order valence-electron chi connectivity index (χ2n) is 2.97. The van der Waals surface area contributed by atoms with Crippen molar-refractivity contribution >= 4 is 23.1 Å². The van der Waals surface area contributed by atoms with Crippen molar-refractivity contribution in [1.82, 2.24) is 4.90 Å². The van der Waals surface area contributed by atoms with Crippen molar-refractivity contribution in [2.24, 2.45) is 0 Å². The first-order chi connectivity index (χ1) is 4.99. The Morgan fingerprint density at radius 3 is 2.55 bits per heavy atom. The van der Waals surface area contributed by atoms with Crippen molar-refractivity contribution in [1.29, 1.82) is 0 Å². The summed E-state index contributed by atoms with van der Waals surface area (Å²) < 4.78 is 0. The van der Waals surface area contributed by atoms with Crippen LogP contribution >= 0.6 is 12.2 Å². The van der Waals surface area contributed by atoms with Crippen LogP contribution in [0.2, 0.25) is 0 Å². The van der Waals surface area contributed by atoms with Crippen molar-refractivity contribution < 1.29 is 9.90 Å². The number of carbonyl (C=O) groups is 1. The molecule has 0 aromatic carbocycles. The van der Waals surface area contributed by atoms with E-state index in [4.69, 9.17) is 17.3 Å². The van der Waals surface area contributed by atoms with E-state index in [9.17, 15) is 4.79 Å². The molecule has 1 aliphatic heterocycles. The zero-order valence-electron chi connectivity index (χ0n) is 6.63. The molecule has 0 unspecified atom stereocenters. The fraction of sp³-hybridized carbons (Fsp3) is 0.714. The van der Waals surface area contributed by atoms with Crippen molar-refractivity contribution in [2.45, 2.75) is 18.9 Å². The average Bonchev–Trinajstić information content (AvgIpc) is 2.18. The summed E-state index contributed by atoms with van der Waals surface area (Å²) in [5.74, 6) is -0.845. The van der Waals surface area contributed by atoms with Gasteiger partial charge in [0.1, 0.15) is 5.54 Å². The van der Waals surface area contributed by atoms with Gasteiger partial charge in [-0.1, -0.05) is 12.2 Å². The molecule has 0 bridgehead atoms. The maximum atomic E-state index is 10.8. The summed E-state index contributed by atoms with van der Waals surface area (Å²) in [6, 6.07) is 0. The highest BCUT2D eigenvalue weighted by atomic mass is 32.1. The Hall–Kier alpha value is -0.480. The van der Waals surface area contributed by atoms with E-state index in [1.807, 2.05) is 0 Å². The second-order valence-corrected chi connectivity index (χ2v) is 3.46. The molecule has 11 heavy (non-hydrogen) atoms. The maximum Gasteiger partial charge on any atom is 0.329 e. The number of hydrogen-bond donors (Lipinski definition) is 1. The number of aliphatic carboxylic acids is 1. The monoisotopic (exact) mass is 173 g/mol. The zero-order chi connectivity index (χ0) is 8.65. The predicted molar refractivity (Wildman–Crippen MR) is 45.9 cm³/mol. The third-order valence-electron chi connectivity index (χ3n) is 2.40. The van der Waals surface area contributed by atoms with Crippen LogP contribution in [0.5, 0.6) is 0 Å². The lowest BCUT2D eigenvalue weighted by atomic mass is 10.00. The SMILES string of the molecule is CN1CCC(=S)[C@@]1(C)C(=O)O. The molecular weight excluding hydrogens is 162 g/mol. The van der Waals surface area contributed by atoms with Crippen molar-refractivity contribution in [3.63, 3.8) is 0 Å². The Morgan fingerprint density at radius 2 is 2.36 bits per heavy atom. The van der Waals surface area contributed by atoms with Crippen LogP contribution in [0.3, 0.4) is 0 Å². The number of carboxylic acids is 1. The minimum atomic E-state index is -0.907. The van der Waals surface area contributed by atoms with E-state index in [1.54, 1.807) is 18.9 Å². The first-order valence-corrected chi connectivity index (χ1v) is 3.88. The predicted octanol–water partition coefficient (Wildman–Crippen LogP) is 0.535. The average molecular weight is 173 g/mol. The summed E-state index contributed by atoms with van der Waals surface area (Å²) >= 11 is 4.98. The second kappa shape index (κ2) is 2.53. The van der Waals surface area contributed by atoms with E-state index < -0.39 is 11.5 Å². The zero-order valence-corrected chi connectivity index (χ0v) is 7.44. The molecule has 62 valence electrons. The number of thiocarbonyl (C=S) groups is 1. The van der Waals surface area contributed by atoms with Gasteiger partial charge in [0.2, 0.25) is 0 Å². The number of likely N-dealkylation sites (N-methyl/N-ethyl adjacent to an activating group) is 1. The number of nitrogens with zero attached hydrogens (tertiary/aromatic N) is 1. The largest absolute Gasteiger partial charge is 0.480 e. The van der Waals surface area contributed by atoms with Crippen LogP contribution in [0, 0.1) is 0 Å². The summed E-state index contributed by atoms with van der Waals surface area (Å²) in [5, 5.41) is 8.88. The van der Waals surface area contributed by atoms with Gasteiger partial charge in [-0.25, -0.2) is 4.79 Å². The molecule has 0 amide bonds. The standard InChI is InChI=1S/C7H11NO2S/c1-7(6(9)10)5(11)3-4-8(7)2/h3-4H2,1-2H3,(H,9,10)/t7-/m0/s1. The smallest absolute Gasteiger partial charge is 0.329 e. The minimum absolute atomic E-state index is 0.632. The summed E-state index contributed by atoms with van der Waals surface area (Å²) in [5.41, 5.74) is -0.907. The van der Waals surface area contributed by atoms with Gasteiger partial charge < -0.3 is 5.11 Å². The topological polar surface area (TPSA) is 40.5 Å². The maximum absolute atomic E-state index is 10.8. The summed E-state index contributed by atoms with van der Waals surface area (Å²) in [4.78, 5) is 13.2. The normalized spacial score (nSPS) is 32.7. The van der Waals surface area contributed by atoms with Crippen LogP contribution in [0.1, 0.15) is 13.3 Å². The fourth-order valence-corrected chi connectivity index (χ4v) is 1.57. The van der Waals surface area contributed by atoms with Crippen LogP contribution in [0.25, 0.3) is 0 Å². The van der Waals surface area contributed by atoms with Gasteiger partial charge in [0, 0.05) is 11.4 Å². The van der Waals surface area contributed by atoms with Gasteiger partial charge in [-0.15, -0.1) is 0 Å². The highest BCUT2D eigenvalue weighted by Gasteiger charge is 2.45. The molecule has 0 aliphatic carbocycles. The molecule has 0 aromatic heterocycles. The van der Waals surface area contributed by atoms with Gasteiger partial charge in [0.15, 0.2) is 0 Å². The van der Waals surface area contributed by atoms with Crippen molar-refractivity contribution in [3.05, 3.63) is 0 Å². The van der Waals surface area contributed by atoms with Crippen LogP contribution in [-0.4, -0.2) is 40.0 Å². The highest BCUT2D eigenvalue weighted by Crippen LogP contribution is 2.25. The van der Waals surface area contributed by atoms with Gasteiger partial charge in [-0.05, 0) is 20.4 Å². The molecule has 1 fully saturated rings. The first-order valence-electron chi connectivity index (χ1n) is 3.47. The van der Waals surface area contributed by atoms with Crippen LogP contribution in [-0.2, 0) is 4.79 Å². The molecule has 0 aromatic rings. The fourth-order valence-electron chi connectivity index (χ4n) is 1.23. The molecule has 4 heteroatoms. The van der Waals surface area contributed by atoms with Gasteiger partial charge in [-0.3, -0.25) is 4.90 Å². The minimum Gasteiger partial charge on any atom is -0.480 e. The van der Waals surface area contributed by atoms with Gasteiger partial charge in [0.05, 0.1) is 0 Å². The molecule has 1 heterocycles. The number of rotatable bonds is 1. The summed E-state index contributed by atoms with van der Waals surface area (Å²) in [6.45, 7) is 2.41. The number of hydrogen-bond acceptors (Lipinski definition) is 3. The molecule has 1 saturated heterocycles. The Balaban J connectivity index is 2.98. The van der Waals surface area contributed by atoms with E-state index in [0.717, 1.165) is 6.54 Å². The Bertz CT molecular complexity index is 216. The Labute approximate surface area is 71.0 Å². The lowest BCUT2D eigenvalue weighted by Gasteiger charge is -2.26. The quantitative estimate of drug-likeness (QED) is 0.587. The lowest BCUT2D eigenvalue weighted by Crippen LogP contribution is -2.49. The molecule has 1 atom stereocenters. The van der Waals surface area contributed by atoms with Crippen LogP contribution in [0.15, 0.2) is 0 Å². The lowest BCUT2D eigenvalue weighted by molar-refractivity contribution is -0.144. The van der Waals surface area contributed by atoms with E-state index in [-0.39, 0.29) is 0 Å². The summed E-state index contributed by atoms with van der Waals surface area (Å²) in [6.07, 6.45) is 0.717. The number of likely N-dealkylation sites (tertiary alicyclic amines) is 1. The highest BCUT2D eigenvalue weighted by molar-refractivity contribution is 7.80. The molecule has 0 saturated carbocycles. The third-order valence-corrected chi connectivity index (χ3v) is 3.00. The van der Waals surface area contributed by atoms with E-state index in [2.05, 4.69) is 0 Å². The van der Waals surface area contributed by atoms with Gasteiger partial charge >= 0.3 is 5.97 Å². The molecule has 0 radical (unpaired) electrons. The van der Waals surface area contributed by atoms with Crippen molar-refractivity contribution in [2.75, 3.05) is 13.6 Å². The Kier molecular flexibility index (Phi) is 1.98. The third kappa shape index (κ3) is 1.06. The van der Waals surface area contributed by atoms with E-state index in [0.29, 0.717) is 11.3 Å². The summed E-state index contributed by atoms with van der Waals surface area (Å²) in [7, 11) is 1.79. The van der Waals surface area contributed by atoms with Crippen molar-refractivity contribution in [3.8, 4) is 0 Å². The first kappa shape index (κ1) is 8.62. The molecule has 1 N–H and O–H groups in total. The molecule has 0 spiro atoms. The molecular formula is C7H11NO2S. The van der Waals surface area contributed by atoms with Gasteiger partial charge in [-0.2, -0.15) is 0 Å². The van der Waals surface area contributed by atoms with Crippen LogP contribution < -0.4 is 0 Å². The molecule has 3 nitrogen and oxygen atoms in total.